The molecule has 0 aromatic heterocycles. The molecule has 0 saturated carbocycles. The van der Waals surface area contributed by atoms with E-state index >= 15 is 0 Å². The molecule has 0 unspecified atom stereocenters. The van der Waals surface area contributed by atoms with Crippen molar-refractivity contribution in [1.29, 1.82) is 0 Å². The van der Waals surface area contributed by atoms with Gasteiger partial charge in [-0.25, -0.2) is 9.59 Å². The minimum Gasteiger partial charge on any atom is -0.465 e. The largest absolute Gasteiger partial charge is 0.465 e. The molecule has 1 heterocycles. The van der Waals surface area contributed by atoms with Crippen LogP contribution in [0.25, 0.3) is 0 Å². The van der Waals surface area contributed by atoms with Gasteiger partial charge >= 0.3 is 12.1 Å². The molecule has 1 saturated heterocycles. The van der Waals surface area contributed by atoms with Crippen LogP contribution >= 0.6 is 0 Å². The highest BCUT2D eigenvalue weighted by molar-refractivity contribution is 5.90. The molecule has 2 rings (SSSR count). The van der Waals surface area contributed by atoms with Crippen molar-refractivity contribution in [2.75, 3.05) is 38.2 Å². The topological polar surface area (TPSA) is 59.1 Å². The molecule has 1 aliphatic rings. The van der Waals surface area contributed by atoms with Crippen molar-refractivity contribution in [3.63, 3.8) is 0 Å². The molecule has 23 heavy (non-hydrogen) atoms. The lowest BCUT2D eigenvalue weighted by Crippen LogP contribution is -2.50. The van der Waals surface area contributed by atoms with E-state index in [1.807, 2.05) is 39.0 Å². The highest BCUT2D eigenvalue weighted by Crippen LogP contribution is 2.19. The summed E-state index contributed by atoms with van der Waals surface area (Å²) in [5.41, 5.74) is 1.000. The number of rotatable bonds is 2. The highest BCUT2D eigenvalue weighted by Gasteiger charge is 2.26. The molecule has 0 N–H and O–H groups in total. The second-order valence-electron chi connectivity index (χ2n) is 6.50. The van der Waals surface area contributed by atoms with Gasteiger partial charge in [-0.1, -0.05) is 6.07 Å². The van der Waals surface area contributed by atoms with E-state index in [0.717, 1.165) is 5.69 Å². The van der Waals surface area contributed by atoms with Crippen LogP contribution in [0.4, 0.5) is 10.5 Å². The van der Waals surface area contributed by atoms with E-state index in [0.29, 0.717) is 31.7 Å². The minimum absolute atomic E-state index is 0.277. The van der Waals surface area contributed by atoms with E-state index in [1.54, 1.807) is 11.0 Å². The molecular formula is C17H24N2O4. The summed E-state index contributed by atoms with van der Waals surface area (Å²) < 4.78 is 10.1. The quantitative estimate of drug-likeness (QED) is 0.784. The summed E-state index contributed by atoms with van der Waals surface area (Å²) in [6.45, 7) is 8.17. The number of amides is 1. The summed E-state index contributed by atoms with van der Waals surface area (Å²) in [6.07, 6.45) is -0.277. The van der Waals surface area contributed by atoms with Gasteiger partial charge in [0.15, 0.2) is 0 Å². The molecule has 1 aromatic rings. The fourth-order valence-electron chi connectivity index (χ4n) is 2.42. The predicted octanol–water partition coefficient (Wildman–Crippen LogP) is 2.53. The third-order valence-corrected chi connectivity index (χ3v) is 3.56. The molecule has 126 valence electrons. The van der Waals surface area contributed by atoms with E-state index in [9.17, 15) is 9.59 Å². The molecule has 6 heteroatoms. The van der Waals surface area contributed by atoms with E-state index in [1.165, 1.54) is 7.11 Å². The Kier molecular flexibility index (Phi) is 5.13. The SMILES string of the molecule is COC(=O)c1cccc(N2CCN(C(=O)OC(C)(C)C)CC2)c1. The van der Waals surface area contributed by atoms with Crippen molar-refractivity contribution in [3.8, 4) is 0 Å². The summed E-state index contributed by atoms with van der Waals surface area (Å²) in [4.78, 5) is 27.5. The number of benzene rings is 1. The van der Waals surface area contributed by atoms with Crippen LogP contribution in [0.15, 0.2) is 24.3 Å². The average molecular weight is 320 g/mol. The van der Waals surface area contributed by atoms with Crippen LogP contribution in [0.3, 0.4) is 0 Å². The monoisotopic (exact) mass is 320 g/mol. The smallest absolute Gasteiger partial charge is 0.410 e. The Labute approximate surface area is 137 Å². The van der Waals surface area contributed by atoms with Crippen molar-refractivity contribution >= 4 is 17.7 Å². The summed E-state index contributed by atoms with van der Waals surface area (Å²) in [7, 11) is 1.37. The van der Waals surface area contributed by atoms with Crippen LogP contribution in [0, 0.1) is 0 Å². The maximum atomic E-state index is 12.1. The standard InChI is InChI=1S/C17H24N2O4/c1-17(2,3)23-16(21)19-10-8-18(9-11-19)14-7-5-6-13(12-14)15(20)22-4/h5-7,12H,8-11H2,1-4H3. The van der Waals surface area contributed by atoms with Gasteiger partial charge in [-0.2, -0.15) is 0 Å². The molecule has 0 spiro atoms. The van der Waals surface area contributed by atoms with E-state index in [4.69, 9.17) is 9.47 Å². The number of esters is 1. The van der Waals surface area contributed by atoms with Gasteiger partial charge in [-0.05, 0) is 39.0 Å². The number of anilines is 1. The van der Waals surface area contributed by atoms with Gasteiger partial charge in [-0.3, -0.25) is 0 Å². The normalized spacial score (nSPS) is 15.3. The highest BCUT2D eigenvalue weighted by atomic mass is 16.6. The summed E-state index contributed by atoms with van der Waals surface area (Å²) in [5.74, 6) is -0.348. The Morgan fingerprint density at radius 3 is 2.30 bits per heavy atom. The van der Waals surface area contributed by atoms with Crippen molar-refractivity contribution in [3.05, 3.63) is 29.8 Å². The van der Waals surface area contributed by atoms with Gasteiger partial charge in [0.05, 0.1) is 12.7 Å². The Morgan fingerprint density at radius 1 is 1.09 bits per heavy atom. The summed E-state index contributed by atoms with van der Waals surface area (Å²) in [5, 5.41) is 0. The number of nitrogens with zero attached hydrogens (tertiary/aromatic N) is 2. The maximum absolute atomic E-state index is 12.1. The van der Waals surface area contributed by atoms with Crippen molar-refractivity contribution in [1.82, 2.24) is 4.90 Å². The number of carbonyl (C=O) groups is 2. The first-order valence-electron chi connectivity index (χ1n) is 7.71. The Hall–Kier alpha value is -2.24. The minimum atomic E-state index is -0.483. The summed E-state index contributed by atoms with van der Waals surface area (Å²) >= 11 is 0. The molecule has 6 nitrogen and oxygen atoms in total. The van der Waals surface area contributed by atoms with E-state index in [-0.39, 0.29) is 12.1 Å². The molecular weight excluding hydrogens is 296 g/mol. The molecule has 0 radical (unpaired) electrons. The van der Waals surface area contributed by atoms with Gasteiger partial charge in [0, 0.05) is 31.9 Å². The first-order chi connectivity index (χ1) is 10.8. The fraction of sp³-hybridized carbons (Fsp3) is 0.529. The zero-order chi connectivity index (χ0) is 17.0. The van der Waals surface area contributed by atoms with Crippen LogP contribution in [0.5, 0.6) is 0 Å². The zero-order valence-corrected chi connectivity index (χ0v) is 14.2. The molecule has 1 aliphatic heterocycles. The van der Waals surface area contributed by atoms with E-state index in [2.05, 4.69) is 4.90 Å². The number of hydrogen-bond acceptors (Lipinski definition) is 5. The lowest BCUT2D eigenvalue weighted by atomic mass is 10.1. The lowest BCUT2D eigenvalue weighted by Gasteiger charge is -2.36. The molecule has 0 atom stereocenters. The van der Waals surface area contributed by atoms with Gasteiger partial charge in [0.2, 0.25) is 0 Å². The Morgan fingerprint density at radius 2 is 1.74 bits per heavy atom. The summed E-state index contributed by atoms with van der Waals surface area (Å²) in [6, 6.07) is 7.33. The van der Waals surface area contributed by atoms with Gasteiger partial charge < -0.3 is 19.3 Å². The second-order valence-corrected chi connectivity index (χ2v) is 6.50. The number of ether oxygens (including phenoxy) is 2. The number of methoxy groups -OCH3 is 1. The lowest BCUT2D eigenvalue weighted by molar-refractivity contribution is 0.0240. The number of hydrogen-bond donors (Lipinski definition) is 0. The maximum Gasteiger partial charge on any atom is 0.410 e. The zero-order valence-electron chi connectivity index (χ0n) is 14.2. The number of piperazine rings is 1. The first kappa shape index (κ1) is 17.1. The Balaban J connectivity index is 1.97. The van der Waals surface area contributed by atoms with Crippen LogP contribution in [0.1, 0.15) is 31.1 Å². The molecule has 1 fully saturated rings. The van der Waals surface area contributed by atoms with E-state index < -0.39 is 5.60 Å². The third-order valence-electron chi connectivity index (χ3n) is 3.56. The second kappa shape index (κ2) is 6.89. The van der Waals surface area contributed by atoms with Gasteiger partial charge in [-0.15, -0.1) is 0 Å². The fourth-order valence-corrected chi connectivity index (χ4v) is 2.42. The predicted molar refractivity (Wildman–Crippen MR) is 87.8 cm³/mol. The van der Waals surface area contributed by atoms with Crippen LogP contribution in [-0.4, -0.2) is 55.9 Å². The first-order valence-corrected chi connectivity index (χ1v) is 7.71. The number of carbonyl (C=O) groups excluding carboxylic acids is 2. The Bertz CT molecular complexity index is 572. The van der Waals surface area contributed by atoms with Crippen LogP contribution < -0.4 is 4.90 Å². The molecule has 0 bridgehead atoms. The van der Waals surface area contributed by atoms with Gasteiger partial charge in [0.25, 0.3) is 0 Å². The van der Waals surface area contributed by atoms with Crippen molar-refractivity contribution < 1.29 is 19.1 Å². The third kappa shape index (κ3) is 4.61. The van der Waals surface area contributed by atoms with Crippen molar-refractivity contribution in [2.45, 2.75) is 26.4 Å². The molecule has 1 amide bonds. The van der Waals surface area contributed by atoms with Crippen molar-refractivity contribution in [2.24, 2.45) is 0 Å². The average Bonchev–Trinajstić information content (AvgIpc) is 2.53. The van der Waals surface area contributed by atoms with Crippen LogP contribution in [-0.2, 0) is 9.47 Å². The van der Waals surface area contributed by atoms with Gasteiger partial charge in [0.1, 0.15) is 5.60 Å². The molecule has 1 aromatic carbocycles. The van der Waals surface area contributed by atoms with Crippen LogP contribution in [0.2, 0.25) is 0 Å². The molecule has 0 aliphatic carbocycles.